The molecule has 0 spiro atoms. The van der Waals surface area contributed by atoms with Gasteiger partial charge in [-0.25, -0.2) is 14.4 Å². The van der Waals surface area contributed by atoms with Gasteiger partial charge in [-0.05, 0) is 51.7 Å². The topological polar surface area (TPSA) is 268 Å². The number of hydrogen-bond donors (Lipinski definition) is 9. The Labute approximate surface area is 286 Å². The highest BCUT2D eigenvalue weighted by Crippen LogP contribution is 2.14. The Morgan fingerprint density at radius 2 is 0.941 bits per heavy atom. The smallest absolute Gasteiger partial charge is 0.475 e. The van der Waals surface area contributed by atoms with Gasteiger partial charge in [0, 0.05) is 26.7 Å². The minimum Gasteiger partial charge on any atom is -0.475 e. The van der Waals surface area contributed by atoms with Gasteiger partial charge >= 0.3 is 36.4 Å². The fourth-order valence-electron chi connectivity index (χ4n) is 2.85. The monoisotopic (exact) mass is 771 g/mol. The van der Waals surface area contributed by atoms with E-state index >= 15 is 0 Å². The maximum atomic E-state index is 12.2. The van der Waals surface area contributed by atoms with Crippen molar-refractivity contribution in [3.63, 3.8) is 0 Å². The van der Waals surface area contributed by atoms with Gasteiger partial charge in [0.25, 0.3) is 11.8 Å². The number of alkyl halides is 9. The summed E-state index contributed by atoms with van der Waals surface area (Å²) in [7, 11) is 1.37. The van der Waals surface area contributed by atoms with Gasteiger partial charge in [0.2, 0.25) is 6.10 Å². The van der Waals surface area contributed by atoms with E-state index < -0.39 is 42.5 Å². The Bertz CT molecular complexity index is 930. The zero-order valence-corrected chi connectivity index (χ0v) is 27.6. The first-order valence-corrected chi connectivity index (χ1v) is 14.8. The summed E-state index contributed by atoms with van der Waals surface area (Å²) in [5.74, 6) is -4.05. The quantitative estimate of drug-likeness (QED) is 0.0153. The van der Waals surface area contributed by atoms with Gasteiger partial charge in [0.05, 0.1) is 0 Å². The van der Waals surface area contributed by atoms with E-state index in [1.165, 1.54) is 13.4 Å². The molecule has 1 atom stereocenters. The Balaban J connectivity index is -0.000000421. The van der Waals surface area contributed by atoms with Crippen LogP contribution in [0.15, 0.2) is 5.10 Å². The first kappa shape index (κ1) is 53.7. The van der Waals surface area contributed by atoms with E-state index in [1.54, 1.807) is 0 Å². The number of carboxylic acids is 3. The highest BCUT2D eigenvalue weighted by atomic mass is 19.4. The number of aliphatic carboxylic acids is 3. The molecule has 0 saturated carbocycles. The zero-order valence-electron chi connectivity index (χ0n) is 27.6. The maximum absolute atomic E-state index is 12.2. The predicted molar refractivity (Wildman–Crippen MR) is 162 cm³/mol. The van der Waals surface area contributed by atoms with Gasteiger partial charge < -0.3 is 52.9 Å². The number of halogens is 9. The van der Waals surface area contributed by atoms with Crippen LogP contribution in [0.1, 0.15) is 57.8 Å². The lowest BCUT2D eigenvalue weighted by Crippen LogP contribution is -2.47. The number of rotatable bonds is 21. The maximum Gasteiger partial charge on any atom is 0.490 e. The number of nitrogens with one attached hydrogen (secondary N) is 4. The van der Waals surface area contributed by atoms with Crippen molar-refractivity contribution in [2.45, 2.75) is 82.4 Å². The number of carboxylic acid groups (broad SMARTS) is 3. The van der Waals surface area contributed by atoms with Gasteiger partial charge in [0.1, 0.15) is 6.34 Å². The summed E-state index contributed by atoms with van der Waals surface area (Å²) < 4.78 is 100. The molecule has 1 unspecified atom stereocenters. The van der Waals surface area contributed by atoms with E-state index in [-0.39, 0.29) is 11.8 Å². The highest BCUT2D eigenvalue weighted by molar-refractivity contribution is 6.03. The van der Waals surface area contributed by atoms with Gasteiger partial charge in [-0.3, -0.25) is 9.59 Å². The Hall–Kier alpha value is -4.13. The van der Waals surface area contributed by atoms with Gasteiger partial charge in [-0.15, -0.1) is 0 Å². The van der Waals surface area contributed by atoms with Crippen molar-refractivity contribution >= 4 is 36.1 Å². The number of carbonyl (C=O) groups excluding carboxylic acids is 2. The van der Waals surface area contributed by atoms with Crippen molar-refractivity contribution in [2.75, 3.05) is 46.4 Å². The molecule has 51 heavy (non-hydrogen) atoms. The molecule has 302 valence electrons. The average molecular weight is 772 g/mol. The second-order valence-corrected chi connectivity index (χ2v) is 9.56. The number of unbranched alkanes of at least 4 members (excludes halogenated alkanes) is 6. The minimum atomic E-state index is -5.08. The number of hydrazone groups is 1. The van der Waals surface area contributed by atoms with Gasteiger partial charge in [-0.1, -0.05) is 25.7 Å². The molecule has 25 heteroatoms. The van der Waals surface area contributed by atoms with Crippen molar-refractivity contribution in [2.24, 2.45) is 16.7 Å². The molecule has 0 fully saturated rings. The van der Waals surface area contributed by atoms with Crippen LogP contribution in [0.3, 0.4) is 0 Å². The van der Waals surface area contributed by atoms with Crippen molar-refractivity contribution in [1.29, 1.82) is 0 Å². The van der Waals surface area contributed by atoms with Crippen molar-refractivity contribution in [1.82, 2.24) is 21.3 Å². The molecule has 0 aliphatic carbocycles. The molecule has 0 heterocycles. The second-order valence-electron chi connectivity index (χ2n) is 9.56. The summed E-state index contributed by atoms with van der Waals surface area (Å²) in [6, 6.07) is 0. The van der Waals surface area contributed by atoms with Crippen LogP contribution in [-0.2, 0) is 28.7 Å². The molecule has 0 aromatic rings. The summed E-state index contributed by atoms with van der Waals surface area (Å²) in [5.41, 5.74) is 5.43. The van der Waals surface area contributed by atoms with Crippen molar-refractivity contribution in [3.8, 4) is 0 Å². The second kappa shape index (κ2) is 31.8. The third-order valence-electron chi connectivity index (χ3n) is 5.29. The fourth-order valence-corrected chi connectivity index (χ4v) is 2.85. The zero-order chi connectivity index (χ0) is 40.5. The van der Waals surface area contributed by atoms with Gasteiger partial charge in [0.15, 0.2) is 0 Å². The Kier molecular flexibility index (Phi) is 33.5. The third kappa shape index (κ3) is 40.2. The summed E-state index contributed by atoms with van der Waals surface area (Å²) in [6.07, 6.45) is -5.66. The van der Waals surface area contributed by atoms with E-state index in [1.807, 2.05) is 0 Å². The van der Waals surface area contributed by atoms with Crippen LogP contribution in [-0.4, -0.2) is 122 Å². The highest BCUT2D eigenvalue weighted by Gasteiger charge is 2.39. The lowest BCUT2D eigenvalue weighted by Gasteiger charge is -2.15. The summed E-state index contributed by atoms with van der Waals surface area (Å²) in [6.45, 7) is 4.45. The van der Waals surface area contributed by atoms with Crippen LogP contribution in [0.2, 0.25) is 0 Å². The number of carbonyl (C=O) groups is 5. The lowest BCUT2D eigenvalue weighted by atomic mass is 10.1. The summed E-state index contributed by atoms with van der Waals surface area (Å²) >= 11 is 0. The number of hydrogen-bond acceptors (Lipinski definition) is 10. The Morgan fingerprint density at radius 3 is 1.27 bits per heavy atom. The first-order valence-electron chi connectivity index (χ1n) is 14.8. The molecule has 0 aliphatic heterocycles. The van der Waals surface area contributed by atoms with E-state index in [9.17, 15) is 49.1 Å². The summed E-state index contributed by atoms with van der Waals surface area (Å²) in [4.78, 5) is 51.0. The standard InChI is InChI=1S/C20H43N7O3.3C2HF3O2/c1-30-18(20(29)26-16-9-8-12-23-14-10-11-21)19(28)25-15-7-5-3-2-4-6-13-24-17-27-22;3*3-2(4,5)1(6)7/h17-18,23H,2-16,21-22H2,1H3,(H,24,27)(H,25,28)(H,26,29);3*(H,6,7). The largest absolute Gasteiger partial charge is 0.490 e. The molecule has 2 amide bonds. The number of ether oxygens (including phenoxy) is 1. The van der Waals surface area contributed by atoms with E-state index in [2.05, 4.69) is 26.4 Å². The number of nitrogens with zero attached hydrogens (tertiary/aromatic N) is 1. The van der Waals surface area contributed by atoms with Crippen LogP contribution in [0.5, 0.6) is 0 Å². The average Bonchev–Trinajstić information content (AvgIpc) is 3.01. The van der Waals surface area contributed by atoms with Gasteiger partial charge in [-0.2, -0.15) is 44.6 Å². The molecule has 0 radical (unpaired) electrons. The third-order valence-corrected chi connectivity index (χ3v) is 5.29. The molecule has 0 bridgehead atoms. The molecular formula is C26H46F9N7O9. The molecule has 16 nitrogen and oxygen atoms in total. The van der Waals surface area contributed by atoms with Crippen LogP contribution in [0.25, 0.3) is 0 Å². The van der Waals surface area contributed by atoms with Crippen molar-refractivity contribution < 1.29 is 83.5 Å². The molecular weight excluding hydrogens is 725 g/mol. The molecule has 0 aromatic heterocycles. The number of nitrogens with two attached hydrogens (primary N) is 2. The molecule has 0 rings (SSSR count). The normalized spacial score (nSPS) is 11.7. The first-order chi connectivity index (χ1) is 23.5. The molecule has 0 aliphatic rings. The van der Waals surface area contributed by atoms with E-state index in [0.717, 1.165) is 77.4 Å². The summed E-state index contributed by atoms with van der Waals surface area (Å²) in [5, 5.41) is 36.6. The fraction of sp³-hybridized carbons (Fsp3) is 0.769. The predicted octanol–water partition coefficient (Wildman–Crippen LogP) is 1.68. The van der Waals surface area contributed by atoms with E-state index in [0.29, 0.717) is 19.6 Å². The minimum absolute atomic E-state index is 0.383. The molecule has 0 aromatic carbocycles. The number of methoxy groups -OCH3 is 1. The van der Waals surface area contributed by atoms with Crippen molar-refractivity contribution in [3.05, 3.63) is 0 Å². The van der Waals surface area contributed by atoms with Crippen LogP contribution >= 0.6 is 0 Å². The van der Waals surface area contributed by atoms with Crippen LogP contribution in [0, 0.1) is 0 Å². The van der Waals surface area contributed by atoms with Crippen LogP contribution in [0.4, 0.5) is 39.5 Å². The van der Waals surface area contributed by atoms with E-state index in [4.69, 9.17) is 46.0 Å². The lowest BCUT2D eigenvalue weighted by molar-refractivity contribution is -0.193. The Morgan fingerprint density at radius 1 is 0.627 bits per heavy atom. The molecule has 0 saturated heterocycles. The SMILES string of the molecule is COC(C(=O)NCCCCCCCCNC=NN)C(=O)NCCCCNCCCN.O=C(O)C(F)(F)F.O=C(O)C(F)(F)F.O=C(O)C(F)(F)F. The van der Waals surface area contributed by atoms with Crippen LogP contribution < -0.4 is 32.8 Å². The number of amides is 2. The molecule has 11 N–H and O–H groups in total.